The highest BCUT2D eigenvalue weighted by atomic mass is 32.2. The average molecular weight is 955 g/mol. The summed E-state index contributed by atoms with van der Waals surface area (Å²) in [6, 6.07) is 0.329. The van der Waals surface area contributed by atoms with E-state index in [1.807, 2.05) is 55.4 Å². The van der Waals surface area contributed by atoms with Crippen molar-refractivity contribution < 1.29 is 38.4 Å². The van der Waals surface area contributed by atoms with Crippen LogP contribution in [0.15, 0.2) is 0 Å². The van der Waals surface area contributed by atoms with Crippen molar-refractivity contribution in [2.24, 2.45) is 11.3 Å². The van der Waals surface area contributed by atoms with Crippen LogP contribution in [-0.2, 0) is 44.6 Å². The standard InChI is InChI=1S/C10H21NO2S.C10H18O2S.C9H19NO3S.C8H17NO2S.4C2H6/c1-10(2,3)14(12,13)11-9-7-5-4-6-8-9;1-9(2,3)13(11,12)7-10-4-8(5-10)6-10;1-9(2,3)14(11,12)10-8-5-4-6-13-7-8;1-8(2,3)12(10,11)9-7-5-4-6-7;4*1-2/h9,11H,4-8H2,1-3H3;8H,4-7H2,1-3H3;8,10H,4-7H2,1-3H3;7,9H,4-6H2,1-3H3;4*1-2H3. The molecule has 1 unspecified atom stereocenters. The van der Waals surface area contributed by atoms with Gasteiger partial charge in [0, 0.05) is 24.7 Å². The van der Waals surface area contributed by atoms with Crippen LogP contribution in [0.25, 0.3) is 0 Å². The van der Waals surface area contributed by atoms with Crippen molar-refractivity contribution in [3.8, 4) is 0 Å². The zero-order chi connectivity index (χ0) is 49.0. The molecule has 372 valence electrons. The van der Waals surface area contributed by atoms with Crippen molar-refractivity contribution in [3.63, 3.8) is 0 Å². The van der Waals surface area contributed by atoms with Crippen molar-refractivity contribution in [1.82, 2.24) is 14.2 Å². The number of hydrogen-bond acceptors (Lipinski definition) is 9. The molecule has 1 aliphatic heterocycles. The molecule has 6 rings (SSSR count). The SMILES string of the molecule is CC.CC.CC.CC.CC(C)(C)S(=O)(=O)CC12CC(C1)C2.CC(C)(C)S(=O)(=O)NC1CCC1.CC(C)(C)S(=O)(=O)NC1CCCCC1.CC(C)(C)S(=O)(=O)NC1CCCOC1. The minimum absolute atomic E-state index is 0.0482. The van der Waals surface area contributed by atoms with Crippen molar-refractivity contribution >= 4 is 39.9 Å². The van der Waals surface area contributed by atoms with Gasteiger partial charge in [-0.3, -0.25) is 0 Å². The molecule has 0 aromatic heterocycles. The fourth-order valence-corrected chi connectivity index (χ4v) is 10.9. The largest absolute Gasteiger partial charge is 0.380 e. The molecule has 61 heavy (non-hydrogen) atoms. The van der Waals surface area contributed by atoms with E-state index in [0.717, 1.165) is 70.3 Å². The Kier molecular flexibility index (Phi) is 29.8. The monoisotopic (exact) mass is 954 g/mol. The predicted molar refractivity (Wildman–Crippen MR) is 262 cm³/mol. The van der Waals surface area contributed by atoms with Crippen LogP contribution in [0.4, 0.5) is 0 Å². The van der Waals surface area contributed by atoms with Gasteiger partial charge in [-0.05, 0) is 152 Å². The predicted octanol–water partition coefficient (Wildman–Crippen LogP) is 10.3. The van der Waals surface area contributed by atoms with Gasteiger partial charge in [0.15, 0.2) is 9.84 Å². The van der Waals surface area contributed by atoms with Crippen LogP contribution in [-0.4, -0.2) is 89.8 Å². The molecule has 1 saturated heterocycles. The van der Waals surface area contributed by atoms with Gasteiger partial charge < -0.3 is 4.74 Å². The molecule has 0 aromatic carbocycles. The molecular formula is C45H99N3O9S4. The van der Waals surface area contributed by atoms with E-state index in [1.54, 1.807) is 83.1 Å². The van der Waals surface area contributed by atoms with E-state index < -0.39 is 58.9 Å². The molecule has 0 amide bonds. The average Bonchev–Trinajstić information content (AvgIpc) is 3.11. The Morgan fingerprint density at radius 2 is 0.754 bits per heavy atom. The molecule has 12 nitrogen and oxygen atoms in total. The molecule has 3 N–H and O–H groups in total. The van der Waals surface area contributed by atoms with Gasteiger partial charge in [-0.1, -0.05) is 81.1 Å². The number of hydrogen-bond donors (Lipinski definition) is 3. The quantitative estimate of drug-likeness (QED) is 0.213. The highest BCUT2D eigenvalue weighted by Gasteiger charge is 2.59. The third-order valence-electron chi connectivity index (χ3n) is 10.8. The van der Waals surface area contributed by atoms with E-state index in [4.69, 9.17) is 4.74 Å². The molecule has 1 atom stereocenters. The van der Waals surface area contributed by atoms with Gasteiger partial charge in [-0.15, -0.1) is 0 Å². The molecule has 5 aliphatic carbocycles. The Bertz CT molecular complexity index is 1530. The maximum absolute atomic E-state index is 11.9. The van der Waals surface area contributed by atoms with Crippen LogP contribution in [0.1, 0.15) is 222 Å². The minimum atomic E-state index is -3.23. The molecule has 1 heterocycles. The maximum atomic E-state index is 11.9. The third-order valence-corrected chi connectivity index (χ3v) is 20.5. The Hall–Kier alpha value is -0.360. The smallest absolute Gasteiger partial charge is 0.216 e. The molecule has 2 bridgehead atoms. The first kappa shape index (κ1) is 64.9. The zero-order valence-electron chi connectivity index (χ0n) is 42.9. The van der Waals surface area contributed by atoms with Crippen molar-refractivity contribution in [1.29, 1.82) is 0 Å². The van der Waals surface area contributed by atoms with Gasteiger partial charge in [0.2, 0.25) is 30.1 Å². The summed E-state index contributed by atoms with van der Waals surface area (Å²) >= 11 is 0. The highest BCUT2D eigenvalue weighted by Crippen LogP contribution is 2.65. The van der Waals surface area contributed by atoms with Gasteiger partial charge in [0.05, 0.1) is 31.3 Å². The van der Waals surface area contributed by atoms with Crippen LogP contribution in [0.5, 0.6) is 0 Å². The molecular weight excluding hydrogens is 855 g/mol. The molecule has 5 saturated carbocycles. The summed E-state index contributed by atoms with van der Waals surface area (Å²) in [6.07, 6.45) is 14.0. The normalized spacial score (nSPS) is 23.1. The summed E-state index contributed by atoms with van der Waals surface area (Å²) < 4.78 is 105. The number of rotatable bonds is 8. The molecule has 6 fully saturated rings. The summed E-state index contributed by atoms with van der Waals surface area (Å²) in [7, 11) is -12.4. The molecule has 0 aromatic rings. The fourth-order valence-electron chi connectivity index (χ4n) is 6.22. The Morgan fingerprint density at radius 1 is 0.443 bits per heavy atom. The van der Waals surface area contributed by atoms with Crippen molar-refractivity contribution in [2.45, 2.75) is 259 Å². The lowest BCUT2D eigenvalue weighted by Gasteiger charge is -2.62. The summed E-state index contributed by atoms with van der Waals surface area (Å²) in [5.74, 6) is 1.30. The second kappa shape index (κ2) is 28.0. The van der Waals surface area contributed by atoms with Gasteiger partial charge in [-0.2, -0.15) is 0 Å². The van der Waals surface area contributed by atoms with E-state index in [0.29, 0.717) is 12.4 Å². The van der Waals surface area contributed by atoms with E-state index in [2.05, 4.69) is 14.2 Å². The summed E-state index contributed by atoms with van der Waals surface area (Å²) in [5.41, 5.74) is 0.219. The van der Waals surface area contributed by atoms with E-state index in [-0.39, 0.29) is 23.5 Å². The first-order chi connectivity index (χ1) is 27.7. The molecule has 16 heteroatoms. The Morgan fingerprint density at radius 3 is 0.984 bits per heavy atom. The third kappa shape index (κ3) is 22.6. The van der Waals surface area contributed by atoms with Crippen LogP contribution in [0.3, 0.4) is 0 Å². The zero-order valence-corrected chi connectivity index (χ0v) is 46.2. The molecule has 6 aliphatic rings. The lowest BCUT2D eigenvalue weighted by molar-refractivity contribution is -0.0850. The number of sulfone groups is 1. The Balaban J connectivity index is -0.000000696. The van der Waals surface area contributed by atoms with Crippen LogP contribution < -0.4 is 14.2 Å². The van der Waals surface area contributed by atoms with Crippen molar-refractivity contribution in [2.75, 3.05) is 19.0 Å². The van der Waals surface area contributed by atoms with Gasteiger partial charge in [-0.25, -0.2) is 47.8 Å². The van der Waals surface area contributed by atoms with E-state index >= 15 is 0 Å². The first-order valence-corrected chi connectivity index (χ1v) is 29.7. The first-order valence-electron chi connectivity index (χ1n) is 23.6. The van der Waals surface area contributed by atoms with Crippen LogP contribution >= 0.6 is 0 Å². The summed E-state index contributed by atoms with van der Waals surface area (Å²) in [6.45, 7) is 38.1. The van der Waals surface area contributed by atoms with Crippen LogP contribution in [0.2, 0.25) is 0 Å². The number of nitrogens with one attached hydrogen (secondary N) is 3. The number of sulfonamides is 3. The summed E-state index contributed by atoms with van der Waals surface area (Å²) in [4.78, 5) is 0. The topological polar surface area (TPSA) is 182 Å². The lowest BCUT2D eigenvalue weighted by Crippen LogP contribution is -2.57. The Labute approximate surface area is 379 Å². The lowest BCUT2D eigenvalue weighted by atomic mass is 9.45. The summed E-state index contributed by atoms with van der Waals surface area (Å²) in [5, 5.41) is 0. The second-order valence-corrected chi connectivity index (χ2v) is 30.1. The highest BCUT2D eigenvalue weighted by molar-refractivity contribution is 7.92. The second-order valence-electron chi connectivity index (χ2n) is 19.9. The van der Waals surface area contributed by atoms with E-state index in [9.17, 15) is 33.7 Å². The number of ether oxygens (including phenoxy) is 1. The fraction of sp³-hybridized carbons (Fsp3) is 1.00. The van der Waals surface area contributed by atoms with Crippen molar-refractivity contribution in [3.05, 3.63) is 0 Å². The molecule has 0 spiro atoms. The van der Waals surface area contributed by atoms with E-state index in [1.165, 1.54) is 25.7 Å². The van der Waals surface area contributed by atoms with Gasteiger partial charge in [0.1, 0.15) is 0 Å². The maximum Gasteiger partial charge on any atom is 0.216 e. The minimum Gasteiger partial charge on any atom is -0.380 e. The van der Waals surface area contributed by atoms with Gasteiger partial charge in [0.25, 0.3) is 0 Å². The van der Waals surface area contributed by atoms with Crippen LogP contribution in [0, 0.1) is 11.3 Å². The molecule has 0 radical (unpaired) electrons. The van der Waals surface area contributed by atoms with Gasteiger partial charge >= 0.3 is 0 Å².